The van der Waals surface area contributed by atoms with Crippen molar-refractivity contribution in [3.8, 4) is 0 Å². The minimum absolute atomic E-state index is 0.0682. The van der Waals surface area contributed by atoms with Crippen molar-refractivity contribution in [3.63, 3.8) is 0 Å². The molecule has 0 aliphatic heterocycles. The lowest BCUT2D eigenvalue weighted by molar-refractivity contribution is -0.120. The zero-order valence-electron chi connectivity index (χ0n) is 11.1. The highest BCUT2D eigenvalue weighted by molar-refractivity contribution is 7.89. The molecule has 0 heterocycles. The van der Waals surface area contributed by atoms with Gasteiger partial charge in [-0.3, -0.25) is 4.79 Å². The molecule has 1 aliphatic rings. The van der Waals surface area contributed by atoms with Crippen LogP contribution < -0.4 is 15.8 Å². The van der Waals surface area contributed by atoms with Crippen LogP contribution in [-0.4, -0.2) is 27.4 Å². The van der Waals surface area contributed by atoms with Gasteiger partial charge >= 0.3 is 0 Å². The van der Waals surface area contributed by atoms with E-state index in [0.29, 0.717) is 13.1 Å². The predicted molar refractivity (Wildman–Crippen MR) is 75.3 cm³/mol. The van der Waals surface area contributed by atoms with E-state index in [1.54, 1.807) is 12.1 Å². The van der Waals surface area contributed by atoms with Gasteiger partial charge in [-0.15, -0.1) is 0 Å². The summed E-state index contributed by atoms with van der Waals surface area (Å²) in [6.07, 6.45) is 2.51. The normalized spacial score (nSPS) is 15.1. The van der Waals surface area contributed by atoms with E-state index in [2.05, 4.69) is 10.6 Å². The number of benzene rings is 1. The summed E-state index contributed by atoms with van der Waals surface area (Å²) in [6.45, 7) is 1.58. The molecule has 4 N–H and O–H groups in total. The van der Waals surface area contributed by atoms with E-state index in [1.807, 2.05) is 0 Å². The summed E-state index contributed by atoms with van der Waals surface area (Å²) in [4.78, 5) is 11.6. The van der Waals surface area contributed by atoms with Crippen LogP contribution in [0.1, 0.15) is 18.4 Å². The van der Waals surface area contributed by atoms with Crippen LogP contribution in [0.3, 0.4) is 0 Å². The molecule has 0 aromatic heterocycles. The molecular weight excluding hydrogens is 278 g/mol. The molecular formula is C13H19N3O3S. The number of carbonyl (C=O) groups is 1. The van der Waals surface area contributed by atoms with Crippen LogP contribution in [-0.2, 0) is 21.4 Å². The van der Waals surface area contributed by atoms with Gasteiger partial charge in [0.1, 0.15) is 0 Å². The van der Waals surface area contributed by atoms with Crippen molar-refractivity contribution in [1.29, 1.82) is 0 Å². The maximum atomic E-state index is 11.6. The van der Waals surface area contributed by atoms with Crippen molar-refractivity contribution in [2.75, 3.05) is 13.1 Å². The molecule has 1 aromatic rings. The Balaban J connectivity index is 1.73. The van der Waals surface area contributed by atoms with Gasteiger partial charge in [0.15, 0.2) is 0 Å². The van der Waals surface area contributed by atoms with Crippen LogP contribution in [0.4, 0.5) is 0 Å². The van der Waals surface area contributed by atoms with Crippen molar-refractivity contribution in [3.05, 3.63) is 29.8 Å². The Hall–Kier alpha value is -1.44. The van der Waals surface area contributed by atoms with Gasteiger partial charge in [0.2, 0.25) is 15.9 Å². The Labute approximate surface area is 118 Å². The third-order valence-corrected chi connectivity index (χ3v) is 4.09. The van der Waals surface area contributed by atoms with E-state index in [1.165, 1.54) is 25.0 Å². The quantitative estimate of drug-likeness (QED) is 0.656. The summed E-state index contributed by atoms with van der Waals surface area (Å²) in [5, 5.41) is 10.9. The Morgan fingerprint density at radius 1 is 1.25 bits per heavy atom. The molecule has 1 aliphatic carbocycles. The molecule has 0 atom stereocenters. The molecule has 7 heteroatoms. The highest BCUT2D eigenvalue weighted by Gasteiger charge is 2.20. The molecule has 0 unspecified atom stereocenters. The lowest BCUT2D eigenvalue weighted by Crippen LogP contribution is -2.34. The minimum atomic E-state index is -3.66. The van der Waals surface area contributed by atoms with Crippen LogP contribution in [0.5, 0.6) is 0 Å². The first-order valence-corrected chi connectivity index (χ1v) is 8.09. The highest BCUT2D eigenvalue weighted by Crippen LogP contribution is 2.27. The molecule has 20 heavy (non-hydrogen) atoms. The van der Waals surface area contributed by atoms with Gasteiger partial charge in [0.05, 0.1) is 11.4 Å². The fourth-order valence-corrected chi connectivity index (χ4v) is 2.29. The Morgan fingerprint density at radius 2 is 1.90 bits per heavy atom. The van der Waals surface area contributed by atoms with E-state index >= 15 is 0 Å². The second-order valence-electron chi connectivity index (χ2n) is 5.04. The van der Waals surface area contributed by atoms with Gasteiger partial charge in [-0.1, -0.05) is 12.1 Å². The molecule has 2 rings (SSSR count). The fourth-order valence-electron chi connectivity index (χ4n) is 1.77. The third-order valence-electron chi connectivity index (χ3n) is 3.16. The molecule has 110 valence electrons. The lowest BCUT2D eigenvalue weighted by atomic mass is 10.2. The van der Waals surface area contributed by atoms with E-state index in [-0.39, 0.29) is 10.8 Å². The second-order valence-corrected chi connectivity index (χ2v) is 6.60. The summed E-state index contributed by atoms with van der Waals surface area (Å²) in [5.41, 5.74) is 0.827. The molecule has 6 nitrogen and oxygen atoms in total. The molecule has 1 saturated carbocycles. The van der Waals surface area contributed by atoms with E-state index in [0.717, 1.165) is 18.0 Å². The molecule has 0 saturated heterocycles. The summed E-state index contributed by atoms with van der Waals surface area (Å²) >= 11 is 0. The van der Waals surface area contributed by atoms with Gasteiger partial charge in [0, 0.05) is 6.54 Å². The fraction of sp³-hybridized carbons (Fsp3) is 0.462. The van der Waals surface area contributed by atoms with Crippen LogP contribution in [0.2, 0.25) is 0 Å². The predicted octanol–water partition coefficient (Wildman–Crippen LogP) is -0.0502. The zero-order chi connectivity index (χ0) is 14.6. The average Bonchev–Trinajstić information content (AvgIpc) is 3.20. The van der Waals surface area contributed by atoms with Crippen molar-refractivity contribution in [2.45, 2.75) is 24.3 Å². The van der Waals surface area contributed by atoms with Gasteiger partial charge in [-0.25, -0.2) is 13.6 Å². The Morgan fingerprint density at radius 3 is 2.45 bits per heavy atom. The number of hydrogen-bond acceptors (Lipinski definition) is 4. The maximum Gasteiger partial charge on any atom is 0.238 e. The highest BCUT2D eigenvalue weighted by atomic mass is 32.2. The van der Waals surface area contributed by atoms with Crippen LogP contribution in [0, 0.1) is 5.92 Å². The topological polar surface area (TPSA) is 101 Å². The van der Waals surface area contributed by atoms with Gasteiger partial charge < -0.3 is 10.6 Å². The number of amides is 1. The van der Waals surface area contributed by atoms with Crippen LogP contribution >= 0.6 is 0 Å². The monoisotopic (exact) mass is 297 g/mol. The number of sulfonamides is 1. The molecule has 1 amide bonds. The number of primary sulfonamides is 1. The number of carbonyl (C=O) groups excluding carboxylic acids is 1. The SMILES string of the molecule is NS(=O)(=O)c1ccc(CNC(=O)CNCC2CC2)cc1. The van der Waals surface area contributed by atoms with Gasteiger partial charge in [0.25, 0.3) is 0 Å². The largest absolute Gasteiger partial charge is 0.351 e. The van der Waals surface area contributed by atoms with E-state index in [4.69, 9.17) is 5.14 Å². The van der Waals surface area contributed by atoms with Crippen molar-refractivity contribution in [2.24, 2.45) is 11.1 Å². The lowest BCUT2D eigenvalue weighted by Gasteiger charge is -2.07. The second kappa shape index (κ2) is 6.34. The molecule has 1 fully saturated rings. The number of hydrogen-bond donors (Lipinski definition) is 3. The first-order chi connectivity index (χ1) is 9.45. The summed E-state index contributed by atoms with van der Waals surface area (Å²) in [5.74, 6) is 0.676. The molecule has 0 spiro atoms. The number of nitrogens with two attached hydrogens (primary N) is 1. The standard InChI is InChI=1S/C13H19N3O3S/c14-20(18,19)12-5-3-11(4-6-12)8-16-13(17)9-15-7-10-1-2-10/h3-6,10,15H,1-2,7-9H2,(H,16,17)(H2,14,18,19). The average molecular weight is 297 g/mol. The minimum Gasteiger partial charge on any atom is -0.351 e. The van der Waals surface area contributed by atoms with Crippen molar-refractivity contribution >= 4 is 15.9 Å². The van der Waals surface area contributed by atoms with Crippen molar-refractivity contribution in [1.82, 2.24) is 10.6 Å². The van der Waals surface area contributed by atoms with Gasteiger partial charge in [-0.2, -0.15) is 0 Å². The summed E-state index contributed by atoms with van der Waals surface area (Å²) in [7, 11) is -3.66. The maximum absolute atomic E-state index is 11.6. The number of nitrogens with one attached hydrogen (secondary N) is 2. The molecule has 0 bridgehead atoms. The Bertz CT molecular complexity index is 565. The Kier molecular flexibility index (Phi) is 4.74. The first-order valence-electron chi connectivity index (χ1n) is 6.54. The first kappa shape index (κ1) is 15.0. The van der Waals surface area contributed by atoms with Crippen molar-refractivity contribution < 1.29 is 13.2 Å². The molecule has 0 radical (unpaired) electrons. The number of rotatable bonds is 7. The summed E-state index contributed by atoms with van der Waals surface area (Å²) in [6, 6.07) is 6.14. The van der Waals surface area contributed by atoms with E-state index < -0.39 is 10.0 Å². The van der Waals surface area contributed by atoms with Crippen LogP contribution in [0.25, 0.3) is 0 Å². The summed E-state index contributed by atoms with van der Waals surface area (Å²) < 4.78 is 22.2. The zero-order valence-corrected chi connectivity index (χ0v) is 11.9. The van der Waals surface area contributed by atoms with E-state index in [9.17, 15) is 13.2 Å². The van der Waals surface area contributed by atoms with Crippen LogP contribution in [0.15, 0.2) is 29.2 Å². The third kappa shape index (κ3) is 4.92. The van der Waals surface area contributed by atoms with Gasteiger partial charge in [-0.05, 0) is 43.0 Å². The molecule has 1 aromatic carbocycles. The smallest absolute Gasteiger partial charge is 0.238 e.